The van der Waals surface area contributed by atoms with E-state index in [1.165, 1.54) is 11.0 Å². The van der Waals surface area contributed by atoms with Crippen LogP contribution in [0.2, 0.25) is 0 Å². The Morgan fingerprint density at radius 3 is 2.29 bits per heavy atom. The molecule has 0 unspecified atom stereocenters. The van der Waals surface area contributed by atoms with E-state index in [-0.39, 0.29) is 19.0 Å². The molecule has 21 heavy (non-hydrogen) atoms. The van der Waals surface area contributed by atoms with Gasteiger partial charge in [0.05, 0.1) is 0 Å². The second kappa shape index (κ2) is 5.89. The molecule has 1 aromatic carbocycles. The van der Waals surface area contributed by atoms with Crippen molar-refractivity contribution in [3.63, 3.8) is 0 Å². The number of aliphatic hydroxyl groups is 1. The van der Waals surface area contributed by atoms with Gasteiger partial charge in [0.25, 0.3) is 0 Å². The topological polar surface area (TPSA) is 40.5 Å². The Balaban J connectivity index is 1.94. The van der Waals surface area contributed by atoms with Crippen molar-refractivity contribution in [2.45, 2.75) is 24.6 Å². The molecule has 0 aliphatic carbocycles. The molecule has 1 aromatic rings. The maximum Gasteiger partial charge on any atom is 0.417 e. The first-order valence-electron chi connectivity index (χ1n) is 6.63. The molecule has 0 atom stereocenters. The van der Waals surface area contributed by atoms with Crippen molar-refractivity contribution >= 4 is 12.0 Å². The molecule has 1 aliphatic rings. The molecule has 0 spiro atoms. The minimum Gasteiger partial charge on any atom is -0.380 e. The Labute approximate surface area is 120 Å². The molecule has 1 N–H and O–H groups in total. The number of amides is 1. The molecule has 1 aliphatic heterocycles. The Morgan fingerprint density at radius 1 is 1.19 bits per heavy atom. The third kappa shape index (κ3) is 3.64. The summed E-state index contributed by atoms with van der Waals surface area (Å²) in [5, 5.41) is 9.53. The van der Waals surface area contributed by atoms with E-state index < -0.39 is 24.6 Å². The van der Waals surface area contributed by atoms with Gasteiger partial charge in [0.2, 0.25) is 5.91 Å². The van der Waals surface area contributed by atoms with Crippen molar-refractivity contribution in [1.82, 2.24) is 4.90 Å². The van der Waals surface area contributed by atoms with Crippen LogP contribution < -0.4 is 0 Å². The summed E-state index contributed by atoms with van der Waals surface area (Å²) < 4.78 is 38.0. The Morgan fingerprint density at radius 2 is 1.76 bits per heavy atom. The zero-order valence-electron chi connectivity index (χ0n) is 11.3. The van der Waals surface area contributed by atoms with Crippen LogP contribution in [0, 0.1) is 0 Å². The lowest BCUT2D eigenvalue weighted by Crippen LogP contribution is -2.54. The van der Waals surface area contributed by atoms with Crippen LogP contribution in [0.4, 0.5) is 13.2 Å². The number of hydrogen-bond acceptors (Lipinski definition) is 2. The summed E-state index contributed by atoms with van der Waals surface area (Å²) in [7, 11) is 0. The van der Waals surface area contributed by atoms with Gasteiger partial charge >= 0.3 is 6.18 Å². The number of rotatable bonds is 2. The SMILES string of the molecule is O=C(/C=C/c1ccccc1)N1CCC(O)(C(F)(F)F)CC1. The summed E-state index contributed by atoms with van der Waals surface area (Å²) in [5.41, 5.74) is -1.83. The number of carbonyl (C=O) groups is 1. The normalized spacial score (nSPS) is 19.0. The van der Waals surface area contributed by atoms with Crippen LogP contribution in [0.1, 0.15) is 18.4 Å². The Kier molecular flexibility index (Phi) is 4.37. The monoisotopic (exact) mass is 299 g/mol. The maximum absolute atomic E-state index is 12.7. The summed E-state index contributed by atoms with van der Waals surface area (Å²) in [6, 6.07) is 9.15. The highest BCUT2D eigenvalue weighted by Gasteiger charge is 2.54. The Hall–Kier alpha value is -1.82. The van der Waals surface area contributed by atoms with Crippen LogP contribution in [-0.2, 0) is 4.79 Å². The number of halogens is 3. The molecule has 0 saturated carbocycles. The summed E-state index contributed by atoms with van der Waals surface area (Å²) >= 11 is 0. The number of benzene rings is 1. The molecule has 0 aromatic heterocycles. The number of carbonyl (C=O) groups excluding carboxylic acids is 1. The first-order chi connectivity index (χ1) is 9.82. The predicted octanol–water partition coefficient (Wildman–Crippen LogP) is 2.62. The van der Waals surface area contributed by atoms with E-state index in [0.717, 1.165) is 5.56 Å². The van der Waals surface area contributed by atoms with Gasteiger partial charge in [-0.15, -0.1) is 0 Å². The van der Waals surface area contributed by atoms with Crippen molar-refractivity contribution < 1.29 is 23.1 Å². The van der Waals surface area contributed by atoms with Crippen LogP contribution >= 0.6 is 0 Å². The molecule has 1 heterocycles. The molecule has 1 fully saturated rings. The summed E-state index contributed by atoms with van der Waals surface area (Å²) in [5.74, 6) is -0.344. The van der Waals surface area contributed by atoms with Crippen molar-refractivity contribution in [3.8, 4) is 0 Å². The fourth-order valence-electron chi connectivity index (χ4n) is 2.22. The molecule has 1 amide bonds. The van der Waals surface area contributed by atoms with Crippen LogP contribution in [0.5, 0.6) is 0 Å². The van der Waals surface area contributed by atoms with E-state index in [0.29, 0.717) is 0 Å². The van der Waals surface area contributed by atoms with Crippen molar-refractivity contribution in [1.29, 1.82) is 0 Å². The van der Waals surface area contributed by atoms with E-state index in [1.54, 1.807) is 6.08 Å². The fourth-order valence-corrected chi connectivity index (χ4v) is 2.22. The molecule has 0 radical (unpaired) electrons. The standard InChI is InChI=1S/C15H16F3NO2/c16-15(17,18)14(21)8-10-19(11-9-14)13(20)7-6-12-4-2-1-3-5-12/h1-7,21H,8-11H2/b7-6+. The average molecular weight is 299 g/mol. The first kappa shape index (κ1) is 15.6. The van der Waals surface area contributed by atoms with Crippen LogP contribution in [-0.4, -0.2) is 40.8 Å². The minimum atomic E-state index is -4.65. The number of likely N-dealkylation sites (tertiary alicyclic amines) is 1. The van der Waals surface area contributed by atoms with E-state index in [4.69, 9.17) is 0 Å². The highest BCUT2D eigenvalue weighted by Crippen LogP contribution is 2.38. The van der Waals surface area contributed by atoms with Crippen LogP contribution in [0.25, 0.3) is 6.08 Å². The highest BCUT2D eigenvalue weighted by atomic mass is 19.4. The molecule has 3 nitrogen and oxygen atoms in total. The third-order valence-corrected chi connectivity index (χ3v) is 3.65. The van der Waals surface area contributed by atoms with E-state index in [2.05, 4.69) is 0 Å². The van der Waals surface area contributed by atoms with E-state index in [1.807, 2.05) is 30.3 Å². The smallest absolute Gasteiger partial charge is 0.380 e. The predicted molar refractivity (Wildman–Crippen MR) is 72.3 cm³/mol. The van der Waals surface area contributed by atoms with Crippen molar-refractivity contribution in [3.05, 3.63) is 42.0 Å². The molecule has 1 saturated heterocycles. The van der Waals surface area contributed by atoms with E-state index in [9.17, 15) is 23.1 Å². The maximum atomic E-state index is 12.7. The quantitative estimate of drug-likeness (QED) is 0.853. The third-order valence-electron chi connectivity index (χ3n) is 3.65. The van der Waals surface area contributed by atoms with Gasteiger partial charge in [0.1, 0.15) is 0 Å². The molecular formula is C15H16F3NO2. The Bertz CT molecular complexity index is 517. The number of alkyl halides is 3. The van der Waals surface area contributed by atoms with Gasteiger partial charge in [0.15, 0.2) is 5.60 Å². The van der Waals surface area contributed by atoms with Gasteiger partial charge in [0, 0.05) is 32.0 Å². The lowest BCUT2D eigenvalue weighted by atomic mass is 9.91. The second-order valence-electron chi connectivity index (χ2n) is 5.10. The van der Waals surface area contributed by atoms with Crippen molar-refractivity contribution in [2.24, 2.45) is 0 Å². The minimum absolute atomic E-state index is 0.103. The number of piperidine rings is 1. The molecule has 2 rings (SSSR count). The van der Waals surface area contributed by atoms with Crippen molar-refractivity contribution in [2.75, 3.05) is 13.1 Å². The van der Waals surface area contributed by atoms with Crippen LogP contribution in [0.15, 0.2) is 36.4 Å². The molecule has 114 valence electrons. The molecule has 0 bridgehead atoms. The fraction of sp³-hybridized carbons (Fsp3) is 0.400. The van der Waals surface area contributed by atoms with Gasteiger partial charge in [-0.1, -0.05) is 30.3 Å². The highest BCUT2D eigenvalue weighted by molar-refractivity contribution is 5.91. The zero-order chi connectivity index (χ0) is 15.5. The second-order valence-corrected chi connectivity index (χ2v) is 5.10. The van der Waals surface area contributed by atoms with Gasteiger partial charge < -0.3 is 10.0 Å². The molecular weight excluding hydrogens is 283 g/mol. The van der Waals surface area contributed by atoms with Crippen LogP contribution in [0.3, 0.4) is 0 Å². The molecule has 6 heteroatoms. The summed E-state index contributed by atoms with van der Waals surface area (Å²) in [6.45, 7) is -0.206. The largest absolute Gasteiger partial charge is 0.417 e. The average Bonchev–Trinajstić information content (AvgIpc) is 2.45. The summed E-state index contributed by atoms with van der Waals surface area (Å²) in [6.07, 6.45) is -2.66. The number of nitrogens with zero attached hydrogens (tertiary/aromatic N) is 1. The van der Waals surface area contributed by atoms with Gasteiger partial charge in [-0.3, -0.25) is 4.79 Å². The van der Waals surface area contributed by atoms with E-state index >= 15 is 0 Å². The summed E-state index contributed by atoms with van der Waals surface area (Å²) in [4.78, 5) is 13.2. The van der Waals surface area contributed by atoms with Gasteiger partial charge in [-0.2, -0.15) is 13.2 Å². The zero-order valence-corrected chi connectivity index (χ0v) is 11.3. The van der Waals surface area contributed by atoms with Gasteiger partial charge in [-0.25, -0.2) is 0 Å². The lowest BCUT2D eigenvalue weighted by molar-refractivity contribution is -0.271. The first-order valence-corrected chi connectivity index (χ1v) is 6.63. The van der Waals surface area contributed by atoms with Gasteiger partial charge in [-0.05, 0) is 11.6 Å². The number of hydrogen-bond donors (Lipinski definition) is 1. The lowest BCUT2D eigenvalue weighted by Gasteiger charge is -2.38.